The van der Waals surface area contributed by atoms with E-state index in [9.17, 15) is 4.79 Å². The van der Waals surface area contributed by atoms with Crippen molar-refractivity contribution in [1.82, 2.24) is 14.5 Å². The van der Waals surface area contributed by atoms with Crippen molar-refractivity contribution in [2.45, 2.75) is 31.7 Å². The molecule has 6 nitrogen and oxygen atoms in total. The molecule has 3 rings (SSSR count). The molecule has 1 aliphatic rings. The van der Waals surface area contributed by atoms with Gasteiger partial charge in [-0.3, -0.25) is 10.2 Å². The summed E-state index contributed by atoms with van der Waals surface area (Å²) in [6.45, 7) is 0. The highest BCUT2D eigenvalue weighted by molar-refractivity contribution is 6.04. The molecule has 1 saturated carbocycles. The van der Waals surface area contributed by atoms with E-state index in [2.05, 4.69) is 9.97 Å². The summed E-state index contributed by atoms with van der Waals surface area (Å²) in [7, 11) is 0. The number of nitrogens with one attached hydrogen (secondary N) is 2. The summed E-state index contributed by atoms with van der Waals surface area (Å²) in [5.74, 6) is -0.527. The highest BCUT2D eigenvalue weighted by Crippen LogP contribution is 2.31. The standard InChI is InChI=1S/C12H15N5O/c13-10-9-8(11(14)18)5-15-12(9)17(6-16-10)7-3-1-2-4-7/h5-7,13,15H,1-4H2,(H2,14,18). The Labute approximate surface area is 103 Å². The average molecular weight is 245 g/mol. The minimum atomic E-state index is -0.527. The zero-order chi connectivity index (χ0) is 12.7. The quantitative estimate of drug-likeness (QED) is 0.736. The second-order valence-electron chi connectivity index (χ2n) is 4.73. The lowest BCUT2D eigenvalue weighted by molar-refractivity contribution is 0.100. The van der Waals surface area contributed by atoms with Crippen molar-refractivity contribution in [2.75, 3.05) is 0 Å². The lowest BCUT2D eigenvalue weighted by atomic mass is 10.2. The van der Waals surface area contributed by atoms with Crippen LogP contribution in [-0.4, -0.2) is 20.4 Å². The van der Waals surface area contributed by atoms with E-state index < -0.39 is 5.91 Å². The van der Waals surface area contributed by atoms with Crippen molar-refractivity contribution in [3.63, 3.8) is 0 Å². The van der Waals surface area contributed by atoms with Crippen LogP contribution in [0.4, 0.5) is 0 Å². The third-order valence-electron chi connectivity index (χ3n) is 3.65. The molecule has 2 heterocycles. The van der Waals surface area contributed by atoms with Gasteiger partial charge in [0.15, 0.2) is 5.49 Å². The van der Waals surface area contributed by atoms with Crippen molar-refractivity contribution in [3.05, 3.63) is 23.6 Å². The Hall–Kier alpha value is -2.11. The molecule has 0 aromatic carbocycles. The molecule has 2 aromatic rings. The number of amides is 1. The number of hydrogen-bond acceptors (Lipinski definition) is 3. The number of carbonyl (C=O) groups excluding carboxylic acids is 1. The van der Waals surface area contributed by atoms with Gasteiger partial charge in [0.25, 0.3) is 5.91 Å². The maximum absolute atomic E-state index is 11.3. The first-order chi connectivity index (χ1) is 8.68. The molecule has 4 N–H and O–H groups in total. The Kier molecular flexibility index (Phi) is 2.43. The summed E-state index contributed by atoms with van der Waals surface area (Å²) in [5.41, 5.74) is 6.53. The third-order valence-corrected chi connectivity index (χ3v) is 3.65. The fourth-order valence-corrected chi connectivity index (χ4v) is 2.75. The topological polar surface area (TPSA) is 101 Å². The van der Waals surface area contributed by atoms with E-state index in [1.54, 1.807) is 12.5 Å². The summed E-state index contributed by atoms with van der Waals surface area (Å²) in [6, 6.07) is 0.403. The third kappa shape index (κ3) is 1.53. The van der Waals surface area contributed by atoms with Crippen LogP contribution in [0.5, 0.6) is 0 Å². The number of rotatable bonds is 2. The van der Waals surface area contributed by atoms with Gasteiger partial charge < -0.3 is 15.3 Å². The molecule has 94 valence electrons. The first kappa shape index (κ1) is 11.0. The molecule has 0 radical (unpaired) electrons. The fraction of sp³-hybridized carbons (Fsp3) is 0.417. The van der Waals surface area contributed by atoms with Crippen LogP contribution in [0, 0.1) is 5.41 Å². The Balaban J connectivity index is 2.26. The van der Waals surface area contributed by atoms with Crippen LogP contribution in [-0.2, 0) is 0 Å². The average Bonchev–Trinajstić information content (AvgIpc) is 2.98. The van der Waals surface area contributed by atoms with Gasteiger partial charge in [0.2, 0.25) is 0 Å². The Bertz CT molecular complexity index is 663. The summed E-state index contributed by atoms with van der Waals surface area (Å²) < 4.78 is 2.03. The molecule has 18 heavy (non-hydrogen) atoms. The van der Waals surface area contributed by atoms with E-state index in [0.29, 0.717) is 17.0 Å². The van der Waals surface area contributed by atoms with Crippen molar-refractivity contribution < 1.29 is 4.79 Å². The molecule has 0 spiro atoms. The van der Waals surface area contributed by atoms with Crippen LogP contribution >= 0.6 is 0 Å². The van der Waals surface area contributed by atoms with E-state index in [-0.39, 0.29) is 5.49 Å². The number of fused-ring (bicyclic) bond motifs is 1. The van der Waals surface area contributed by atoms with Gasteiger partial charge in [-0.15, -0.1) is 0 Å². The Morgan fingerprint density at radius 2 is 2.22 bits per heavy atom. The highest BCUT2D eigenvalue weighted by Gasteiger charge is 2.20. The van der Waals surface area contributed by atoms with E-state index in [4.69, 9.17) is 11.1 Å². The lowest BCUT2D eigenvalue weighted by Gasteiger charge is -2.14. The SMILES string of the molecule is N=c1ncn(C2CCCC2)c2[nH]cc(C(N)=O)c12. The van der Waals surface area contributed by atoms with Crippen LogP contribution in [0.3, 0.4) is 0 Å². The summed E-state index contributed by atoms with van der Waals surface area (Å²) in [6.07, 6.45) is 7.91. The summed E-state index contributed by atoms with van der Waals surface area (Å²) in [5, 5.41) is 8.35. The van der Waals surface area contributed by atoms with Gasteiger partial charge in [-0.05, 0) is 12.8 Å². The number of nitrogens with two attached hydrogens (primary N) is 1. The molecular formula is C12H15N5O. The van der Waals surface area contributed by atoms with Crippen LogP contribution in [0.25, 0.3) is 11.0 Å². The Morgan fingerprint density at radius 1 is 1.50 bits per heavy atom. The van der Waals surface area contributed by atoms with Crippen molar-refractivity contribution >= 4 is 16.9 Å². The second-order valence-corrected chi connectivity index (χ2v) is 4.73. The van der Waals surface area contributed by atoms with Crippen LogP contribution in [0.2, 0.25) is 0 Å². The van der Waals surface area contributed by atoms with E-state index in [0.717, 1.165) is 18.5 Å². The van der Waals surface area contributed by atoms with Crippen molar-refractivity contribution in [2.24, 2.45) is 5.73 Å². The van der Waals surface area contributed by atoms with Gasteiger partial charge in [-0.1, -0.05) is 12.8 Å². The smallest absolute Gasteiger partial charge is 0.251 e. The normalized spacial score (nSPS) is 16.4. The van der Waals surface area contributed by atoms with E-state index in [1.807, 2.05) is 4.57 Å². The maximum atomic E-state index is 11.3. The zero-order valence-electron chi connectivity index (χ0n) is 9.94. The molecule has 6 heteroatoms. The van der Waals surface area contributed by atoms with Gasteiger partial charge in [0.1, 0.15) is 5.65 Å². The first-order valence-electron chi connectivity index (χ1n) is 6.11. The molecule has 1 fully saturated rings. The van der Waals surface area contributed by atoms with Crippen molar-refractivity contribution in [3.8, 4) is 0 Å². The van der Waals surface area contributed by atoms with Gasteiger partial charge >= 0.3 is 0 Å². The highest BCUT2D eigenvalue weighted by atomic mass is 16.1. The predicted molar refractivity (Wildman–Crippen MR) is 66.0 cm³/mol. The van der Waals surface area contributed by atoms with Crippen LogP contribution in [0.1, 0.15) is 42.1 Å². The maximum Gasteiger partial charge on any atom is 0.251 e. The Morgan fingerprint density at radius 3 is 2.89 bits per heavy atom. The molecular weight excluding hydrogens is 230 g/mol. The largest absolute Gasteiger partial charge is 0.366 e. The zero-order valence-corrected chi connectivity index (χ0v) is 9.94. The monoisotopic (exact) mass is 245 g/mol. The lowest BCUT2D eigenvalue weighted by Crippen LogP contribution is -2.18. The molecule has 0 atom stereocenters. The molecule has 0 saturated heterocycles. The number of aromatic nitrogens is 3. The van der Waals surface area contributed by atoms with Crippen molar-refractivity contribution in [1.29, 1.82) is 5.41 Å². The van der Waals surface area contributed by atoms with Gasteiger partial charge in [0.05, 0.1) is 17.3 Å². The second kappa shape index (κ2) is 3.97. The van der Waals surface area contributed by atoms with E-state index in [1.165, 1.54) is 12.8 Å². The number of primary amides is 1. The first-order valence-corrected chi connectivity index (χ1v) is 6.11. The number of nitrogens with zero attached hydrogens (tertiary/aromatic N) is 2. The predicted octanol–water partition coefficient (Wildman–Crippen LogP) is 1.06. The minimum absolute atomic E-state index is 0.0919. The number of carbonyl (C=O) groups is 1. The number of aromatic amines is 1. The molecule has 1 amide bonds. The van der Waals surface area contributed by atoms with Gasteiger partial charge in [0, 0.05) is 12.2 Å². The summed E-state index contributed by atoms with van der Waals surface area (Å²) in [4.78, 5) is 18.5. The molecule has 0 bridgehead atoms. The van der Waals surface area contributed by atoms with Gasteiger partial charge in [-0.25, -0.2) is 4.98 Å². The molecule has 2 aromatic heterocycles. The molecule has 1 aliphatic carbocycles. The van der Waals surface area contributed by atoms with Gasteiger partial charge in [-0.2, -0.15) is 0 Å². The van der Waals surface area contributed by atoms with Crippen LogP contribution < -0.4 is 11.2 Å². The fourth-order valence-electron chi connectivity index (χ4n) is 2.75. The van der Waals surface area contributed by atoms with Crippen LogP contribution in [0.15, 0.2) is 12.5 Å². The molecule has 0 unspecified atom stereocenters. The number of hydrogen-bond donors (Lipinski definition) is 3. The minimum Gasteiger partial charge on any atom is -0.366 e. The summed E-state index contributed by atoms with van der Waals surface area (Å²) >= 11 is 0. The molecule has 0 aliphatic heterocycles. The van der Waals surface area contributed by atoms with E-state index >= 15 is 0 Å². The number of H-pyrrole nitrogens is 1.